The van der Waals surface area contributed by atoms with Crippen LogP contribution in [-0.2, 0) is 12.8 Å². The number of pyridine rings is 1. The first kappa shape index (κ1) is 11.4. The minimum absolute atomic E-state index is 0.392. The van der Waals surface area contributed by atoms with Crippen molar-refractivity contribution in [1.82, 2.24) is 4.98 Å². The van der Waals surface area contributed by atoms with Gasteiger partial charge in [0, 0.05) is 0 Å². The lowest BCUT2D eigenvalue weighted by Crippen LogP contribution is -1.93. The van der Waals surface area contributed by atoms with Crippen LogP contribution in [0.15, 0.2) is 30.5 Å². The van der Waals surface area contributed by atoms with Crippen LogP contribution >= 0.6 is 11.6 Å². The van der Waals surface area contributed by atoms with Crippen molar-refractivity contribution in [3.05, 3.63) is 46.6 Å². The Hall–Kier alpha value is -1.74. The number of aryl methyl sites for hydroxylation is 2. The maximum absolute atomic E-state index is 6.03. The summed E-state index contributed by atoms with van der Waals surface area (Å²) in [4.78, 5) is 4.09. The Labute approximate surface area is 111 Å². The minimum atomic E-state index is 0.392. The smallest absolute Gasteiger partial charge is 0.238 e. The highest BCUT2D eigenvalue weighted by molar-refractivity contribution is 6.32. The predicted molar refractivity (Wildman–Crippen MR) is 72.2 cm³/mol. The van der Waals surface area contributed by atoms with Crippen molar-refractivity contribution >= 4 is 17.3 Å². The molecule has 0 amide bonds. The van der Waals surface area contributed by atoms with E-state index in [4.69, 9.17) is 22.1 Å². The number of hydrogen-bond acceptors (Lipinski definition) is 3. The number of fused-ring (bicyclic) bond motifs is 1. The lowest BCUT2D eigenvalue weighted by molar-refractivity contribution is 0.463. The summed E-state index contributed by atoms with van der Waals surface area (Å²) in [5.74, 6) is 1.17. The van der Waals surface area contributed by atoms with E-state index in [0.29, 0.717) is 16.6 Å². The molecule has 0 saturated carbocycles. The largest absolute Gasteiger partial charge is 0.438 e. The zero-order chi connectivity index (χ0) is 12.5. The number of nitrogen functional groups attached to an aromatic ring is 1. The summed E-state index contributed by atoms with van der Waals surface area (Å²) in [5.41, 5.74) is 8.90. The third kappa shape index (κ3) is 2.14. The zero-order valence-electron chi connectivity index (χ0n) is 9.82. The summed E-state index contributed by atoms with van der Waals surface area (Å²) >= 11 is 6.03. The second-order valence-electron chi connectivity index (χ2n) is 4.44. The van der Waals surface area contributed by atoms with Gasteiger partial charge in [-0.05, 0) is 48.6 Å². The van der Waals surface area contributed by atoms with Gasteiger partial charge in [0.1, 0.15) is 10.8 Å². The number of halogens is 1. The molecule has 0 radical (unpaired) electrons. The van der Waals surface area contributed by atoms with Gasteiger partial charge in [0.25, 0.3) is 0 Å². The molecule has 0 aliphatic heterocycles. The Kier molecular flexibility index (Phi) is 2.84. The first-order chi connectivity index (χ1) is 8.72. The molecule has 0 fully saturated rings. The van der Waals surface area contributed by atoms with Gasteiger partial charge in [-0.15, -0.1) is 0 Å². The molecule has 92 valence electrons. The fourth-order valence-corrected chi connectivity index (χ4v) is 2.45. The summed E-state index contributed by atoms with van der Waals surface area (Å²) in [5, 5.41) is 0.426. The molecule has 1 aromatic heterocycles. The molecule has 1 heterocycles. The number of ether oxygens (including phenoxy) is 1. The number of rotatable bonds is 2. The number of anilines is 1. The monoisotopic (exact) mass is 260 g/mol. The Bertz CT molecular complexity index is 598. The number of aromatic nitrogens is 1. The topological polar surface area (TPSA) is 48.1 Å². The molecular weight excluding hydrogens is 248 g/mol. The van der Waals surface area contributed by atoms with Crippen LogP contribution in [0.4, 0.5) is 5.69 Å². The lowest BCUT2D eigenvalue weighted by Gasteiger charge is -2.08. The van der Waals surface area contributed by atoms with Crippen LogP contribution in [0.25, 0.3) is 0 Å². The van der Waals surface area contributed by atoms with Crippen molar-refractivity contribution < 1.29 is 4.74 Å². The highest BCUT2D eigenvalue weighted by atomic mass is 35.5. The quantitative estimate of drug-likeness (QED) is 0.898. The summed E-state index contributed by atoms with van der Waals surface area (Å²) < 4.78 is 5.69. The minimum Gasteiger partial charge on any atom is -0.438 e. The van der Waals surface area contributed by atoms with Crippen LogP contribution in [0.2, 0.25) is 5.02 Å². The van der Waals surface area contributed by atoms with E-state index in [-0.39, 0.29) is 0 Å². The maximum Gasteiger partial charge on any atom is 0.238 e. The van der Waals surface area contributed by atoms with Gasteiger partial charge in [-0.25, -0.2) is 4.98 Å². The average Bonchev–Trinajstić information content (AvgIpc) is 2.80. The molecule has 2 aromatic rings. The van der Waals surface area contributed by atoms with Crippen LogP contribution < -0.4 is 10.5 Å². The molecule has 1 aliphatic carbocycles. The second-order valence-corrected chi connectivity index (χ2v) is 4.85. The molecule has 18 heavy (non-hydrogen) atoms. The van der Waals surface area contributed by atoms with Gasteiger partial charge in [0.2, 0.25) is 5.88 Å². The molecule has 0 bridgehead atoms. The zero-order valence-corrected chi connectivity index (χ0v) is 10.6. The molecule has 4 heteroatoms. The van der Waals surface area contributed by atoms with E-state index >= 15 is 0 Å². The first-order valence-electron chi connectivity index (χ1n) is 5.93. The van der Waals surface area contributed by atoms with Crippen LogP contribution in [0, 0.1) is 0 Å². The van der Waals surface area contributed by atoms with Crippen molar-refractivity contribution in [2.45, 2.75) is 19.3 Å². The molecule has 3 rings (SSSR count). The maximum atomic E-state index is 6.03. The van der Waals surface area contributed by atoms with Gasteiger partial charge in [0.05, 0.1) is 11.9 Å². The molecule has 0 atom stereocenters. The number of hydrogen-bond donors (Lipinski definition) is 1. The van der Waals surface area contributed by atoms with E-state index in [1.807, 2.05) is 6.07 Å². The lowest BCUT2D eigenvalue weighted by atomic mass is 10.1. The molecule has 2 N–H and O–H groups in total. The van der Waals surface area contributed by atoms with Crippen molar-refractivity contribution in [2.24, 2.45) is 0 Å². The van der Waals surface area contributed by atoms with Gasteiger partial charge in [-0.3, -0.25) is 0 Å². The molecular formula is C14H13ClN2O. The summed E-state index contributed by atoms with van der Waals surface area (Å²) in [6, 6.07) is 7.77. The highest BCUT2D eigenvalue weighted by Crippen LogP contribution is 2.31. The highest BCUT2D eigenvalue weighted by Gasteiger charge is 2.12. The molecule has 0 spiro atoms. The van der Waals surface area contributed by atoms with E-state index < -0.39 is 0 Å². The summed E-state index contributed by atoms with van der Waals surface area (Å²) in [6.45, 7) is 0. The van der Waals surface area contributed by atoms with Gasteiger partial charge in [-0.1, -0.05) is 17.7 Å². The summed E-state index contributed by atoms with van der Waals surface area (Å²) in [6.07, 6.45) is 5.04. The van der Waals surface area contributed by atoms with Crippen LogP contribution in [0.1, 0.15) is 17.5 Å². The SMILES string of the molecule is Nc1cnc(Oc2ccc3c(c2)CCC3)c(Cl)c1. The van der Waals surface area contributed by atoms with Gasteiger partial charge < -0.3 is 10.5 Å². The van der Waals surface area contributed by atoms with E-state index in [0.717, 1.165) is 18.6 Å². The fourth-order valence-electron chi connectivity index (χ4n) is 2.24. The Morgan fingerprint density at radius 2 is 2.00 bits per heavy atom. The van der Waals surface area contributed by atoms with Crippen molar-refractivity contribution in [3.8, 4) is 11.6 Å². The molecule has 1 aromatic carbocycles. The van der Waals surface area contributed by atoms with E-state index in [1.54, 1.807) is 6.07 Å². The van der Waals surface area contributed by atoms with E-state index in [2.05, 4.69) is 17.1 Å². The summed E-state index contributed by atoms with van der Waals surface area (Å²) in [7, 11) is 0. The van der Waals surface area contributed by atoms with E-state index in [9.17, 15) is 0 Å². The standard InChI is InChI=1S/C14H13ClN2O/c15-13-7-11(16)8-17-14(13)18-12-5-4-9-2-1-3-10(9)6-12/h4-8H,1-3,16H2. The van der Waals surface area contributed by atoms with Crippen LogP contribution in [-0.4, -0.2) is 4.98 Å². The van der Waals surface area contributed by atoms with Gasteiger partial charge in [-0.2, -0.15) is 0 Å². The molecule has 0 saturated heterocycles. The van der Waals surface area contributed by atoms with Crippen LogP contribution in [0.5, 0.6) is 11.6 Å². The predicted octanol–water partition coefficient (Wildman–Crippen LogP) is 3.60. The fraction of sp³-hybridized carbons (Fsp3) is 0.214. The van der Waals surface area contributed by atoms with E-state index in [1.165, 1.54) is 23.7 Å². The normalized spacial score (nSPS) is 13.4. The molecule has 1 aliphatic rings. The Morgan fingerprint density at radius 3 is 2.83 bits per heavy atom. The van der Waals surface area contributed by atoms with Crippen molar-refractivity contribution in [2.75, 3.05) is 5.73 Å². The van der Waals surface area contributed by atoms with Gasteiger partial charge in [0.15, 0.2) is 0 Å². The molecule has 3 nitrogen and oxygen atoms in total. The van der Waals surface area contributed by atoms with Crippen molar-refractivity contribution in [3.63, 3.8) is 0 Å². The third-order valence-corrected chi connectivity index (χ3v) is 3.38. The molecule has 0 unspecified atom stereocenters. The number of nitrogens with two attached hydrogens (primary N) is 1. The Morgan fingerprint density at radius 1 is 1.17 bits per heavy atom. The first-order valence-corrected chi connectivity index (χ1v) is 6.31. The second kappa shape index (κ2) is 4.50. The average molecular weight is 261 g/mol. The van der Waals surface area contributed by atoms with Crippen LogP contribution in [0.3, 0.4) is 0 Å². The van der Waals surface area contributed by atoms with Gasteiger partial charge >= 0.3 is 0 Å². The third-order valence-electron chi connectivity index (χ3n) is 3.11. The number of benzene rings is 1. The van der Waals surface area contributed by atoms with Crippen molar-refractivity contribution in [1.29, 1.82) is 0 Å². The Balaban J connectivity index is 1.88. The number of nitrogens with zero attached hydrogens (tertiary/aromatic N) is 1.